The number of ether oxygens (including phenoxy) is 1. The van der Waals surface area contributed by atoms with Crippen LogP contribution >= 0.6 is 15.9 Å². The molecule has 0 aliphatic carbocycles. The number of amides is 1. The molecule has 4 nitrogen and oxygen atoms in total. The fourth-order valence-corrected chi connectivity index (χ4v) is 3.25. The van der Waals surface area contributed by atoms with Gasteiger partial charge in [-0.2, -0.15) is 0 Å². The number of carbonyl (C=O) groups is 1. The molecule has 1 fully saturated rings. The van der Waals surface area contributed by atoms with E-state index in [9.17, 15) is 4.79 Å². The lowest BCUT2D eigenvalue weighted by molar-refractivity contribution is 0.102. The van der Waals surface area contributed by atoms with E-state index in [1.165, 1.54) is 0 Å². The summed E-state index contributed by atoms with van der Waals surface area (Å²) in [7, 11) is 2.13. The molecule has 3 rings (SSSR count). The van der Waals surface area contributed by atoms with Crippen molar-refractivity contribution in [1.82, 2.24) is 4.90 Å². The van der Waals surface area contributed by atoms with Crippen LogP contribution in [0.2, 0.25) is 0 Å². The van der Waals surface area contributed by atoms with Gasteiger partial charge in [-0.05, 0) is 60.1 Å². The van der Waals surface area contributed by atoms with Gasteiger partial charge in [0.25, 0.3) is 5.91 Å². The summed E-state index contributed by atoms with van der Waals surface area (Å²) in [6.45, 7) is 2.12. The van der Waals surface area contributed by atoms with E-state index in [1.54, 1.807) is 6.07 Å². The van der Waals surface area contributed by atoms with E-state index in [4.69, 9.17) is 4.74 Å². The molecule has 1 N–H and O–H groups in total. The van der Waals surface area contributed by atoms with Gasteiger partial charge in [0, 0.05) is 29.3 Å². The number of piperidine rings is 1. The van der Waals surface area contributed by atoms with Crippen LogP contribution in [0.4, 0.5) is 5.69 Å². The van der Waals surface area contributed by atoms with Gasteiger partial charge in [0.05, 0.1) is 5.56 Å². The minimum absolute atomic E-state index is 0.140. The zero-order valence-corrected chi connectivity index (χ0v) is 15.3. The number of carbonyl (C=O) groups excluding carboxylic acids is 1. The topological polar surface area (TPSA) is 41.6 Å². The van der Waals surface area contributed by atoms with Gasteiger partial charge in [-0.1, -0.05) is 18.2 Å². The fourth-order valence-electron chi connectivity index (χ4n) is 2.79. The molecular formula is C19H21BrN2O2. The average Bonchev–Trinajstić information content (AvgIpc) is 2.58. The number of hydrogen-bond donors (Lipinski definition) is 1. The molecular weight excluding hydrogens is 368 g/mol. The van der Waals surface area contributed by atoms with E-state index in [2.05, 4.69) is 33.2 Å². The molecule has 1 aliphatic heterocycles. The van der Waals surface area contributed by atoms with Crippen LogP contribution in [0.1, 0.15) is 23.2 Å². The number of hydrogen-bond acceptors (Lipinski definition) is 3. The SMILES string of the molecule is CN1CCC(Oc2cccc(NC(=O)c3ccccc3Br)c2)CC1. The van der Waals surface area contributed by atoms with Crippen LogP contribution in [-0.4, -0.2) is 37.0 Å². The predicted molar refractivity (Wildman–Crippen MR) is 99.7 cm³/mol. The third-order valence-corrected chi connectivity index (χ3v) is 4.87. The Labute approximate surface area is 150 Å². The van der Waals surface area contributed by atoms with Crippen molar-refractivity contribution < 1.29 is 9.53 Å². The second kappa shape index (κ2) is 7.81. The quantitative estimate of drug-likeness (QED) is 0.853. The molecule has 1 amide bonds. The number of nitrogens with one attached hydrogen (secondary N) is 1. The van der Waals surface area contributed by atoms with E-state index < -0.39 is 0 Å². The maximum atomic E-state index is 12.4. The molecule has 1 heterocycles. The Bertz CT molecular complexity index is 712. The van der Waals surface area contributed by atoms with E-state index >= 15 is 0 Å². The summed E-state index contributed by atoms with van der Waals surface area (Å²) in [6, 6.07) is 15.0. The number of rotatable bonds is 4. The Morgan fingerprint density at radius 3 is 2.67 bits per heavy atom. The van der Waals surface area contributed by atoms with Crippen molar-refractivity contribution in [2.24, 2.45) is 0 Å². The molecule has 0 bridgehead atoms. The van der Waals surface area contributed by atoms with Gasteiger partial charge < -0.3 is 15.0 Å². The van der Waals surface area contributed by atoms with Crippen LogP contribution in [0.25, 0.3) is 0 Å². The van der Waals surface area contributed by atoms with Crippen LogP contribution < -0.4 is 10.1 Å². The zero-order valence-electron chi connectivity index (χ0n) is 13.7. The van der Waals surface area contributed by atoms with Crippen LogP contribution in [0.5, 0.6) is 5.75 Å². The van der Waals surface area contributed by atoms with Crippen molar-refractivity contribution in [3.8, 4) is 5.75 Å². The summed E-state index contributed by atoms with van der Waals surface area (Å²) in [5, 5.41) is 2.93. The molecule has 24 heavy (non-hydrogen) atoms. The second-order valence-electron chi connectivity index (χ2n) is 6.08. The molecule has 0 spiro atoms. The maximum Gasteiger partial charge on any atom is 0.256 e. The van der Waals surface area contributed by atoms with Gasteiger partial charge in [-0.25, -0.2) is 0 Å². The Morgan fingerprint density at radius 1 is 1.17 bits per heavy atom. The second-order valence-corrected chi connectivity index (χ2v) is 6.94. The van der Waals surface area contributed by atoms with Crippen molar-refractivity contribution in [3.63, 3.8) is 0 Å². The van der Waals surface area contributed by atoms with Crippen molar-refractivity contribution in [2.75, 3.05) is 25.5 Å². The highest BCUT2D eigenvalue weighted by atomic mass is 79.9. The van der Waals surface area contributed by atoms with Crippen LogP contribution in [-0.2, 0) is 0 Å². The van der Waals surface area contributed by atoms with Gasteiger partial charge in [0.15, 0.2) is 0 Å². The number of halogens is 1. The van der Waals surface area contributed by atoms with Crippen LogP contribution in [0.3, 0.4) is 0 Å². The first-order valence-electron chi connectivity index (χ1n) is 8.13. The molecule has 0 atom stereocenters. The fraction of sp³-hybridized carbons (Fsp3) is 0.316. The molecule has 0 aromatic heterocycles. The summed E-state index contributed by atoms with van der Waals surface area (Å²) >= 11 is 3.41. The summed E-state index contributed by atoms with van der Waals surface area (Å²) < 4.78 is 6.85. The van der Waals surface area contributed by atoms with E-state index in [1.807, 2.05) is 42.5 Å². The lowest BCUT2D eigenvalue weighted by Gasteiger charge is -2.29. The molecule has 2 aromatic carbocycles. The molecule has 0 radical (unpaired) electrons. The highest BCUT2D eigenvalue weighted by Gasteiger charge is 2.18. The number of nitrogens with zero attached hydrogens (tertiary/aromatic N) is 1. The Morgan fingerprint density at radius 2 is 1.92 bits per heavy atom. The number of benzene rings is 2. The van der Waals surface area contributed by atoms with Gasteiger partial charge in [-0.15, -0.1) is 0 Å². The van der Waals surface area contributed by atoms with E-state index in [-0.39, 0.29) is 12.0 Å². The first-order valence-corrected chi connectivity index (χ1v) is 8.92. The van der Waals surface area contributed by atoms with Gasteiger partial charge in [0.2, 0.25) is 0 Å². The summed E-state index contributed by atoms with van der Waals surface area (Å²) in [6.07, 6.45) is 2.31. The Kier molecular flexibility index (Phi) is 5.53. The molecule has 0 saturated carbocycles. The lowest BCUT2D eigenvalue weighted by Crippen LogP contribution is -2.35. The smallest absolute Gasteiger partial charge is 0.256 e. The molecule has 5 heteroatoms. The van der Waals surface area contributed by atoms with Gasteiger partial charge >= 0.3 is 0 Å². The number of anilines is 1. The largest absolute Gasteiger partial charge is 0.490 e. The molecule has 2 aromatic rings. The molecule has 0 unspecified atom stereocenters. The standard InChI is InChI=1S/C19H21BrN2O2/c1-22-11-9-15(10-12-22)24-16-6-4-5-14(13-16)21-19(23)17-7-2-3-8-18(17)20/h2-8,13,15H,9-12H2,1H3,(H,21,23). The van der Waals surface area contributed by atoms with Crippen molar-refractivity contribution in [2.45, 2.75) is 18.9 Å². The predicted octanol–water partition coefficient (Wildman–Crippen LogP) is 4.17. The molecule has 1 aliphatic rings. The summed E-state index contributed by atoms with van der Waals surface area (Å²) in [4.78, 5) is 14.7. The minimum atomic E-state index is -0.140. The maximum absolute atomic E-state index is 12.4. The highest BCUT2D eigenvalue weighted by molar-refractivity contribution is 9.10. The van der Waals surface area contributed by atoms with Gasteiger partial charge in [-0.3, -0.25) is 4.79 Å². The van der Waals surface area contributed by atoms with Crippen molar-refractivity contribution >= 4 is 27.5 Å². The summed E-state index contributed by atoms with van der Waals surface area (Å²) in [5.41, 5.74) is 1.35. The monoisotopic (exact) mass is 388 g/mol. The Hall–Kier alpha value is -1.85. The third-order valence-electron chi connectivity index (χ3n) is 4.18. The zero-order chi connectivity index (χ0) is 16.9. The molecule has 1 saturated heterocycles. The summed E-state index contributed by atoms with van der Waals surface area (Å²) in [5.74, 6) is 0.661. The van der Waals surface area contributed by atoms with Crippen molar-refractivity contribution in [1.29, 1.82) is 0 Å². The molecule has 126 valence electrons. The first kappa shape index (κ1) is 17.0. The lowest BCUT2D eigenvalue weighted by atomic mass is 10.1. The number of likely N-dealkylation sites (tertiary alicyclic amines) is 1. The minimum Gasteiger partial charge on any atom is -0.490 e. The van der Waals surface area contributed by atoms with Crippen molar-refractivity contribution in [3.05, 3.63) is 58.6 Å². The highest BCUT2D eigenvalue weighted by Crippen LogP contribution is 2.23. The van der Waals surface area contributed by atoms with E-state index in [0.29, 0.717) is 5.56 Å². The van der Waals surface area contributed by atoms with Gasteiger partial charge in [0.1, 0.15) is 11.9 Å². The third kappa shape index (κ3) is 4.36. The first-order chi connectivity index (χ1) is 11.6. The van der Waals surface area contributed by atoms with Crippen LogP contribution in [0, 0.1) is 0 Å². The van der Waals surface area contributed by atoms with Crippen LogP contribution in [0.15, 0.2) is 53.0 Å². The normalized spacial score (nSPS) is 15.9. The van der Waals surface area contributed by atoms with E-state index in [0.717, 1.165) is 41.8 Å². The average molecular weight is 389 g/mol. The Balaban J connectivity index is 1.65.